The molecule has 0 aromatic carbocycles. The van der Waals surface area contributed by atoms with Gasteiger partial charge in [0, 0.05) is 19.6 Å². The number of esters is 3. The van der Waals surface area contributed by atoms with E-state index in [0.717, 1.165) is 4.90 Å². The molecule has 0 atom stereocenters. The van der Waals surface area contributed by atoms with Crippen molar-refractivity contribution in [1.82, 2.24) is 4.90 Å². The van der Waals surface area contributed by atoms with Crippen LogP contribution in [0.3, 0.4) is 0 Å². The number of nitrogens with zero attached hydrogens (tertiary/aromatic N) is 1. The monoisotopic (exact) mass is 665 g/mol. The second-order valence-electron chi connectivity index (χ2n) is 7.41. The fourth-order valence-corrected chi connectivity index (χ4v) is 2.64. The molecule has 0 aromatic rings. The largest absolute Gasteiger partial charge is 0.458 e. The zero-order valence-corrected chi connectivity index (χ0v) is 22.0. The number of halogens is 6. The molecule has 0 spiro atoms. The Hall–Kier alpha value is -2.32. The van der Waals surface area contributed by atoms with Gasteiger partial charge in [0.1, 0.15) is 0 Å². The number of hydrogen-bond donors (Lipinski definition) is 3. The maximum Gasteiger partial charge on any atom is 0.402 e. The van der Waals surface area contributed by atoms with Crippen LogP contribution in [0, 0.1) is 0 Å². The lowest BCUT2D eigenvalue weighted by Gasteiger charge is -2.22. The highest BCUT2D eigenvalue weighted by Gasteiger charge is 2.47. The number of carbonyl (C=O) groups excluding carboxylic acids is 3. The second-order valence-corrected chi connectivity index (χ2v) is 12.1. The molecule has 0 heterocycles. The first-order valence-electron chi connectivity index (χ1n) is 9.95. The van der Waals surface area contributed by atoms with Gasteiger partial charge in [-0.3, -0.25) is 28.0 Å². The first kappa shape index (κ1) is 37.7. The average molecular weight is 666 g/mol. The van der Waals surface area contributed by atoms with Gasteiger partial charge in [0.15, 0.2) is 19.8 Å². The summed E-state index contributed by atoms with van der Waals surface area (Å²) in [6.07, 6.45) is -2.69. The van der Waals surface area contributed by atoms with Crippen molar-refractivity contribution in [3.05, 3.63) is 0 Å². The number of alkyl halides is 6. The van der Waals surface area contributed by atoms with Gasteiger partial charge >= 0.3 is 64.0 Å². The fourth-order valence-electron chi connectivity index (χ4n) is 2.02. The molecule has 0 aromatic heterocycles. The summed E-state index contributed by atoms with van der Waals surface area (Å²) in [5.74, 6) is -4.59. The fraction of sp³-hybridized carbons (Fsp3) is 0.800. The van der Waals surface area contributed by atoms with Gasteiger partial charge in [-0.1, -0.05) is 0 Å². The van der Waals surface area contributed by atoms with Crippen molar-refractivity contribution in [2.45, 2.75) is 35.0 Å². The minimum Gasteiger partial charge on any atom is -0.458 e. The van der Waals surface area contributed by atoms with E-state index in [1.54, 1.807) is 0 Å². The average Bonchev–Trinajstić information content (AvgIpc) is 2.77. The minimum absolute atomic E-state index is 0.640. The van der Waals surface area contributed by atoms with E-state index in [-0.39, 0.29) is 0 Å². The van der Waals surface area contributed by atoms with Gasteiger partial charge in [-0.25, -0.2) is 0 Å². The molecule has 0 unspecified atom stereocenters. The first-order chi connectivity index (χ1) is 17.7. The predicted octanol–water partition coefficient (Wildman–Crippen LogP) is -0.470. The van der Waals surface area contributed by atoms with Gasteiger partial charge in [-0.15, -0.1) is 0 Å². The molecule has 0 fully saturated rings. The summed E-state index contributed by atoms with van der Waals surface area (Å²) >= 11 is 0. The molecule has 0 aliphatic rings. The van der Waals surface area contributed by atoms with Crippen molar-refractivity contribution in [1.29, 1.82) is 0 Å². The van der Waals surface area contributed by atoms with Crippen molar-refractivity contribution in [2.24, 2.45) is 0 Å². The van der Waals surface area contributed by atoms with E-state index in [0.29, 0.717) is 0 Å². The second kappa shape index (κ2) is 14.0. The molecular formula is C15H21F6NO15S3. The van der Waals surface area contributed by atoms with Gasteiger partial charge in [0.25, 0.3) is 0 Å². The molecule has 25 heteroatoms. The molecule has 16 nitrogen and oxygen atoms in total. The van der Waals surface area contributed by atoms with Crippen LogP contribution in [-0.2, 0) is 58.9 Å². The Morgan fingerprint density at radius 1 is 0.525 bits per heavy atom. The van der Waals surface area contributed by atoms with Crippen LogP contribution in [0.15, 0.2) is 0 Å². The number of ether oxygens (including phenoxy) is 3. The molecule has 0 saturated heterocycles. The molecule has 0 aliphatic carbocycles. The number of hydrogen-bond acceptors (Lipinski definition) is 13. The van der Waals surface area contributed by atoms with Crippen LogP contribution >= 0.6 is 0 Å². The van der Waals surface area contributed by atoms with Crippen molar-refractivity contribution < 1.29 is 93.8 Å². The van der Waals surface area contributed by atoms with Crippen molar-refractivity contribution in [3.63, 3.8) is 0 Å². The number of carbonyl (C=O) groups is 3. The molecule has 40 heavy (non-hydrogen) atoms. The van der Waals surface area contributed by atoms with E-state index in [4.69, 9.17) is 13.7 Å². The molecule has 0 radical (unpaired) electrons. The van der Waals surface area contributed by atoms with Gasteiger partial charge in [-0.05, 0) is 0 Å². The van der Waals surface area contributed by atoms with Gasteiger partial charge in [0.05, 0.1) is 19.3 Å². The third-order valence-corrected chi connectivity index (χ3v) is 6.85. The molecule has 0 amide bonds. The predicted molar refractivity (Wildman–Crippen MR) is 113 cm³/mol. The van der Waals surface area contributed by atoms with E-state index in [2.05, 4.69) is 14.2 Å². The van der Waals surface area contributed by atoms with Gasteiger partial charge in [-0.2, -0.15) is 51.6 Å². The van der Waals surface area contributed by atoms with Gasteiger partial charge < -0.3 is 19.1 Å². The molecule has 3 N–H and O–H groups in total. The maximum absolute atomic E-state index is 13.1. The zero-order valence-electron chi connectivity index (χ0n) is 19.5. The lowest BCUT2D eigenvalue weighted by Crippen LogP contribution is -2.37. The van der Waals surface area contributed by atoms with Crippen LogP contribution in [0.1, 0.15) is 19.3 Å². The molecular weight excluding hydrogens is 644 g/mol. The first-order valence-corrected chi connectivity index (χ1v) is 14.3. The van der Waals surface area contributed by atoms with E-state index < -0.39 is 123 Å². The summed E-state index contributed by atoms with van der Waals surface area (Å²) in [6.45, 7) is -8.27. The van der Waals surface area contributed by atoms with Crippen molar-refractivity contribution in [2.75, 3.05) is 39.5 Å². The normalized spacial score (nSPS) is 13.7. The van der Waals surface area contributed by atoms with E-state index in [1.165, 1.54) is 0 Å². The van der Waals surface area contributed by atoms with Crippen LogP contribution in [0.4, 0.5) is 26.3 Å². The Labute approximate surface area is 221 Å². The van der Waals surface area contributed by atoms with Gasteiger partial charge in [0.2, 0.25) is 0 Å². The van der Waals surface area contributed by atoms with Crippen LogP contribution in [0.25, 0.3) is 0 Å². The van der Waals surface area contributed by atoms with Crippen molar-refractivity contribution >= 4 is 48.3 Å². The Morgan fingerprint density at radius 2 is 0.725 bits per heavy atom. The van der Waals surface area contributed by atoms with Crippen LogP contribution < -0.4 is 0 Å². The summed E-state index contributed by atoms with van der Waals surface area (Å²) in [7, 11) is -17.9. The molecule has 0 rings (SSSR count). The van der Waals surface area contributed by atoms with Crippen LogP contribution in [0.2, 0.25) is 0 Å². The van der Waals surface area contributed by atoms with Crippen LogP contribution in [0.5, 0.6) is 0 Å². The molecule has 0 bridgehead atoms. The lowest BCUT2D eigenvalue weighted by molar-refractivity contribution is -0.150. The Balaban J connectivity index is 5.19. The van der Waals surface area contributed by atoms with Crippen molar-refractivity contribution in [3.8, 4) is 0 Å². The third kappa shape index (κ3) is 12.9. The maximum atomic E-state index is 13.1. The molecule has 0 aliphatic heterocycles. The van der Waals surface area contributed by atoms with E-state index in [9.17, 15) is 66.0 Å². The summed E-state index contributed by atoms with van der Waals surface area (Å²) < 4.78 is 179. The zero-order chi connectivity index (χ0) is 31.8. The standard InChI is InChI=1S/C15H21F6NO15S3/c16-13(17,38(26,27)28)7-35-10(23)1-4-22(5-2-11(24)36-8-14(18,19)39(29,30)31)6-3-12(25)37-9-15(20,21)40(32,33)34/h1-9H2,(H,26,27,28)(H,29,30,31)(H,32,33,34). The number of rotatable bonds is 18. The lowest BCUT2D eigenvalue weighted by atomic mass is 10.3. The highest BCUT2D eigenvalue weighted by atomic mass is 32.2. The SMILES string of the molecule is O=C(CCN(CCC(=O)OCC(F)(F)S(=O)(=O)O)CCC(=O)OCC(F)(F)S(=O)(=O)O)OCC(F)(F)S(=O)(=O)O. The molecule has 236 valence electrons. The Bertz CT molecular complexity index is 1090. The van der Waals surface area contributed by atoms with Crippen LogP contribution in [-0.4, -0.2) is 117 Å². The van der Waals surface area contributed by atoms with E-state index >= 15 is 0 Å². The topological polar surface area (TPSA) is 245 Å². The minimum atomic E-state index is -5.95. The summed E-state index contributed by atoms with van der Waals surface area (Å²) in [6, 6.07) is 0. The molecule has 0 saturated carbocycles. The smallest absolute Gasteiger partial charge is 0.402 e. The highest BCUT2D eigenvalue weighted by molar-refractivity contribution is 7.87. The third-order valence-electron chi connectivity index (χ3n) is 4.23. The summed E-state index contributed by atoms with van der Waals surface area (Å²) in [5.41, 5.74) is 0. The van der Waals surface area contributed by atoms with E-state index in [1.807, 2.05) is 0 Å². The Kier molecular flexibility index (Phi) is 13.2. The quantitative estimate of drug-likeness (QED) is 0.0725. The highest BCUT2D eigenvalue weighted by Crippen LogP contribution is 2.22. The Morgan fingerprint density at radius 3 is 0.900 bits per heavy atom. The summed E-state index contributed by atoms with van der Waals surface area (Å²) in [4.78, 5) is 35.8. The summed E-state index contributed by atoms with van der Waals surface area (Å²) in [5, 5.41) is -14.7.